The van der Waals surface area contributed by atoms with Gasteiger partial charge in [0.1, 0.15) is 5.82 Å². The van der Waals surface area contributed by atoms with Crippen LogP contribution < -0.4 is 15.8 Å². The summed E-state index contributed by atoms with van der Waals surface area (Å²) in [7, 11) is 0. The molecule has 0 spiro atoms. The molecule has 6 rings (SSSR count). The average Bonchev–Trinajstić information content (AvgIpc) is 3.00. The number of hydrogen-bond acceptors (Lipinski definition) is 6. The predicted octanol–water partition coefficient (Wildman–Crippen LogP) is 3.06. The van der Waals surface area contributed by atoms with Gasteiger partial charge in [-0.1, -0.05) is 36.4 Å². The number of fused-ring (bicyclic) bond motifs is 1. The molecule has 0 atom stereocenters. The number of anilines is 1. The number of imide groups is 1. The van der Waals surface area contributed by atoms with Crippen molar-refractivity contribution in [3.05, 3.63) is 105 Å². The van der Waals surface area contributed by atoms with Crippen LogP contribution >= 0.6 is 0 Å². The van der Waals surface area contributed by atoms with Crippen molar-refractivity contribution in [1.29, 1.82) is 0 Å². The maximum atomic E-state index is 14.8. The third-order valence-electron chi connectivity index (χ3n) is 7.78. The molecule has 4 aromatic rings. The van der Waals surface area contributed by atoms with Crippen LogP contribution in [-0.4, -0.2) is 70.6 Å². The molecule has 2 saturated heterocycles. The molecule has 2 fully saturated rings. The summed E-state index contributed by atoms with van der Waals surface area (Å²) >= 11 is 0. The second-order valence-corrected chi connectivity index (χ2v) is 10.5. The summed E-state index contributed by atoms with van der Waals surface area (Å²) < 4.78 is 14.8. The highest BCUT2D eigenvalue weighted by Crippen LogP contribution is 2.22. The topological polar surface area (TPSA) is 119 Å². The van der Waals surface area contributed by atoms with Crippen LogP contribution in [0.3, 0.4) is 0 Å². The summed E-state index contributed by atoms with van der Waals surface area (Å²) in [4.78, 5) is 54.4. The van der Waals surface area contributed by atoms with Crippen molar-refractivity contribution in [2.75, 3.05) is 37.6 Å². The van der Waals surface area contributed by atoms with Gasteiger partial charge in [0.25, 0.3) is 11.5 Å². The van der Waals surface area contributed by atoms with Gasteiger partial charge in [-0.3, -0.25) is 29.5 Å². The quantitative estimate of drug-likeness (QED) is 0.369. The van der Waals surface area contributed by atoms with Crippen LogP contribution in [0.15, 0.2) is 71.5 Å². The fraction of sp³-hybridized carbons (Fsp3) is 0.258. The lowest BCUT2D eigenvalue weighted by Gasteiger charge is -2.35. The highest BCUT2D eigenvalue weighted by atomic mass is 19.1. The molecule has 42 heavy (non-hydrogen) atoms. The molecular weight excluding hydrogens is 539 g/mol. The van der Waals surface area contributed by atoms with Crippen LogP contribution in [0.25, 0.3) is 10.8 Å². The number of halogens is 1. The standard InChI is InChI=1S/C31H29FN6O4/c32-26-10-7-21(18-27-23-3-1-2-4-24(23)29(40)35-34-27)17-25(26)30(41)37-15-13-36(14-16-37)19-20-5-8-22(9-6-20)38-12-11-28(39)33-31(38)42/h1-10,17H,11-16,18-19H2,(H,35,40)(H,33,39,42). The first-order valence-corrected chi connectivity index (χ1v) is 13.8. The van der Waals surface area contributed by atoms with Crippen LogP contribution in [0, 0.1) is 5.82 Å². The molecule has 10 nitrogen and oxygen atoms in total. The van der Waals surface area contributed by atoms with Crippen molar-refractivity contribution in [1.82, 2.24) is 25.3 Å². The van der Waals surface area contributed by atoms with E-state index in [9.17, 15) is 23.6 Å². The summed E-state index contributed by atoms with van der Waals surface area (Å²) in [6, 6.07) is 18.9. The predicted molar refractivity (Wildman–Crippen MR) is 155 cm³/mol. The van der Waals surface area contributed by atoms with Crippen molar-refractivity contribution in [3.8, 4) is 0 Å². The van der Waals surface area contributed by atoms with Crippen molar-refractivity contribution in [2.45, 2.75) is 19.4 Å². The highest BCUT2D eigenvalue weighted by molar-refractivity contribution is 6.05. The number of carbonyl (C=O) groups is 3. The van der Waals surface area contributed by atoms with Gasteiger partial charge in [0.05, 0.1) is 16.6 Å². The summed E-state index contributed by atoms with van der Waals surface area (Å²) in [5.74, 6) is -1.19. The molecule has 3 heterocycles. The summed E-state index contributed by atoms with van der Waals surface area (Å²) in [5, 5.41) is 10.3. The lowest BCUT2D eigenvalue weighted by molar-refractivity contribution is -0.120. The number of H-pyrrole nitrogens is 1. The summed E-state index contributed by atoms with van der Waals surface area (Å²) in [5.41, 5.74) is 2.91. The molecule has 0 aliphatic carbocycles. The highest BCUT2D eigenvalue weighted by Gasteiger charge is 2.26. The summed E-state index contributed by atoms with van der Waals surface area (Å²) in [6.07, 6.45) is 0.610. The zero-order valence-electron chi connectivity index (χ0n) is 22.8. The Bertz CT molecular complexity index is 1730. The number of nitrogens with one attached hydrogen (secondary N) is 2. The van der Waals surface area contributed by atoms with Gasteiger partial charge in [0, 0.05) is 63.2 Å². The van der Waals surface area contributed by atoms with Gasteiger partial charge in [-0.25, -0.2) is 14.3 Å². The van der Waals surface area contributed by atoms with Gasteiger partial charge in [0.2, 0.25) is 5.91 Å². The molecular formula is C31H29FN6O4. The molecule has 0 saturated carbocycles. The minimum atomic E-state index is -0.572. The minimum absolute atomic E-state index is 0.0220. The third-order valence-corrected chi connectivity index (χ3v) is 7.78. The second-order valence-electron chi connectivity index (χ2n) is 10.5. The Morgan fingerprint density at radius 1 is 0.857 bits per heavy atom. The van der Waals surface area contributed by atoms with Crippen LogP contribution in [0.5, 0.6) is 0 Å². The van der Waals surface area contributed by atoms with Crippen LogP contribution in [-0.2, 0) is 17.8 Å². The molecule has 4 amide bonds. The van der Waals surface area contributed by atoms with E-state index in [-0.39, 0.29) is 29.4 Å². The Labute approximate surface area is 240 Å². The zero-order valence-corrected chi connectivity index (χ0v) is 22.8. The van der Waals surface area contributed by atoms with E-state index in [1.807, 2.05) is 36.4 Å². The average molecular weight is 569 g/mol. The lowest BCUT2D eigenvalue weighted by atomic mass is 10.0. The van der Waals surface area contributed by atoms with Crippen LogP contribution in [0.2, 0.25) is 0 Å². The van der Waals surface area contributed by atoms with E-state index >= 15 is 0 Å². The Morgan fingerprint density at radius 2 is 1.57 bits per heavy atom. The first kappa shape index (κ1) is 27.3. The number of carbonyl (C=O) groups excluding carboxylic acids is 3. The van der Waals surface area contributed by atoms with Crippen molar-refractivity contribution < 1.29 is 18.8 Å². The van der Waals surface area contributed by atoms with Gasteiger partial charge in [-0.15, -0.1) is 0 Å². The molecule has 0 radical (unpaired) electrons. The molecule has 214 valence electrons. The number of rotatable bonds is 6. The zero-order chi connectivity index (χ0) is 29.2. The van der Waals surface area contributed by atoms with Crippen LogP contribution in [0.4, 0.5) is 14.9 Å². The Kier molecular flexibility index (Phi) is 7.49. The van der Waals surface area contributed by atoms with Gasteiger partial charge in [0.15, 0.2) is 0 Å². The Hall–Kier alpha value is -4.90. The van der Waals surface area contributed by atoms with E-state index < -0.39 is 11.8 Å². The van der Waals surface area contributed by atoms with Crippen molar-refractivity contribution in [3.63, 3.8) is 0 Å². The monoisotopic (exact) mass is 568 g/mol. The maximum absolute atomic E-state index is 14.8. The number of aromatic amines is 1. The van der Waals surface area contributed by atoms with E-state index in [4.69, 9.17) is 0 Å². The number of nitrogens with zero attached hydrogens (tertiary/aromatic N) is 4. The fourth-order valence-corrected chi connectivity index (χ4v) is 5.48. The number of piperazine rings is 1. The van der Waals surface area contributed by atoms with Gasteiger partial charge < -0.3 is 4.90 Å². The number of aromatic nitrogens is 2. The van der Waals surface area contributed by atoms with Gasteiger partial charge in [-0.2, -0.15) is 5.10 Å². The lowest BCUT2D eigenvalue weighted by Crippen LogP contribution is -2.49. The normalized spacial score (nSPS) is 16.1. The van der Waals surface area contributed by atoms with E-state index in [2.05, 4.69) is 20.4 Å². The molecule has 2 aliphatic heterocycles. The van der Waals surface area contributed by atoms with Crippen molar-refractivity contribution >= 4 is 34.3 Å². The molecule has 11 heteroatoms. The number of benzene rings is 3. The molecule has 0 bridgehead atoms. The van der Waals surface area contributed by atoms with E-state index in [0.29, 0.717) is 56.8 Å². The van der Waals surface area contributed by atoms with Gasteiger partial charge >= 0.3 is 6.03 Å². The smallest absolute Gasteiger partial charge is 0.328 e. The Morgan fingerprint density at radius 3 is 2.31 bits per heavy atom. The minimum Gasteiger partial charge on any atom is -0.336 e. The number of urea groups is 1. The molecule has 0 unspecified atom stereocenters. The molecule has 3 aromatic carbocycles. The van der Waals surface area contributed by atoms with E-state index in [1.165, 1.54) is 6.07 Å². The third kappa shape index (κ3) is 5.64. The first-order chi connectivity index (χ1) is 20.4. The van der Waals surface area contributed by atoms with Crippen molar-refractivity contribution in [2.24, 2.45) is 0 Å². The fourth-order valence-electron chi connectivity index (χ4n) is 5.48. The van der Waals surface area contributed by atoms with E-state index in [0.717, 1.165) is 22.2 Å². The molecule has 2 aliphatic rings. The van der Waals surface area contributed by atoms with Crippen LogP contribution in [0.1, 0.15) is 33.6 Å². The van der Waals surface area contributed by atoms with E-state index in [1.54, 1.807) is 34.1 Å². The first-order valence-electron chi connectivity index (χ1n) is 13.8. The Balaban J connectivity index is 1.08. The number of hydrogen-bond donors (Lipinski definition) is 2. The maximum Gasteiger partial charge on any atom is 0.328 e. The second kappa shape index (κ2) is 11.5. The molecule has 2 N–H and O–H groups in total. The van der Waals surface area contributed by atoms with Gasteiger partial charge in [-0.05, 0) is 41.5 Å². The SMILES string of the molecule is O=C1CCN(c2ccc(CN3CCN(C(=O)c4cc(Cc5n[nH]c(=O)c6ccccc56)ccc4F)CC3)cc2)C(=O)N1. The molecule has 1 aromatic heterocycles. The largest absolute Gasteiger partial charge is 0.336 e. The summed E-state index contributed by atoms with van der Waals surface area (Å²) in [6.45, 7) is 3.24. The number of amides is 4.